The molecule has 0 N–H and O–H groups in total. The number of rotatable bonds is 57. The molecule has 0 aromatic heterocycles. The quantitative estimate of drug-likeness (QED) is 0.0261. The Kier molecular flexibility index (Phi) is 57.7. The van der Waals surface area contributed by atoms with Gasteiger partial charge < -0.3 is 14.2 Å². The van der Waals surface area contributed by atoms with Gasteiger partial charge in [0.1, 0.15) is 13.2 Å². The zero-order valence-corrected chi connectivity index (χ0v) is 47.5. The minimum atomic E-state index is -0.782. The molecule has 0 spiro atoms. The molecule has 0 saturated heterocycles. The largest absolute Gasteiger partial charge is 0.462 e. The summed E-state index contributed by atoms with van der Waals surface area (Å²) in [4.78, 5) is 38.3. The number of hydrogen-bond acceptors (Lipinski definition) is 6. The second-order valence-corrected chi connectivity index (χ2v) is 21.0. The average Bonchev–Trinajstić information content (AvgIpc) is 3.37. The van der Waals surface area contributed by atoms with Gasteiger partial charge in [0.15, 0.2) is 6.10 Å². The van der Waals surface area contributed by atoms with Crippen molar-refractivity contribution >= 4 is 17.9 Å². The van der Waals surface area contributed by atoms with E-state index < -0.39 is 6.10 Å². The van der Waals surface area contributed by atoms with Crippen LogP contribution in [0.5, 0.6) is 0 Å². The van der Waals surface area contributed by atoms with Crippen molar-refractivity contribution < 1.29 is 28.6 Å². The van der Waals surface area contributed by atoms with Crippen LogP contribution in [0.25, 0.3) is 0 Å². The Bertz CT molecular complexity index is 1230. The molecule has 0 saturated carbocycles. The van der Waals surface area contributed by atoms with E-state index in [2.05, 4.69) is 69.4 Å². The lowest BCUT2D eigenvalue weighted by atomic mass is 10.0. The smallest absolute Gasteiger partial charge is 0.306 e. The minimum absolute atomic E-state index is 0.0776. The van der Waals surface area contributed by atoms with Crippen molar-refractivity contribution in [3.8, 4) is 0 Å². The zero-order valence-electron chi connectivity index (χ0n) is 47.5. The third-order valence-electron chi connectivity index (χ3n) is 13.8. The molecule has 0 aromatic carbocycles. The van der Waals surface area contributed by atoms with Crippen molar-refractivity contribution in [2.24, 2.45) is 0 Å². The van der Waals surface area contributed by atoms with E-state index in [9.17, 15) is 14.4 Å². The molecule has 1 atom stereocenters. The molecule has 71 heavy (non-hydrogen) atoms. The lowest BCUT2D eigenvalue weighted by molar-refractivity contribution is -0.167. The fourth-order valence-electron chi connectivity index (χ4n) is 9.09. The first-order valence-corrected chi connectivity index (χ1v) is 31.1. The Morgan fingerprint density at radius 1 is 0.282 bits per heavy atom. The monoisotopic (exact) mass is 995 g/mol. The van der Waals surface area contributed by atoms with Crippen molar-refractivity contribution in [3.05, 3.63) is 48.6 Å². The summed E-state index contributed by atoms with van der Waals surface area (Å²) in [5.41, 5.74) is 0. The predicted octanol–water partition coefficient (Wildman–Crippen LogP) is 21.0. The Morgan fingerprint density at radius 2 is 0.507 bits per heavy atom. The number of carbonyl (C=O) groups excluding carboxylic acids is 3. The maximum atomic E-state index is 12.9. The first-order chi connectivity index (χ1) is 35.0. The van der Waals surface area contributed by atoms with Crippen molar-refractivity contribution in [3.63, 3.8) is 0 Å². The molecule has 6 nitrogen and oxygen atoms in total. The highest BCUT2D eigenvalue weighted by molar-refractivity contribution is 5.71. The second kappa shape index (κ2) is 59.9. The topological polar surface area (TPSA) is 78.9 Å². The number of allylic oxidation sites excluding steroid dienone is 8. The van der Waals surface area contributed by atoms with E-state index in [-0.39, 0.29) is 31.1 Å². The summed E-state index contributed by atoms with van der Waals surface area (Å²) in [5, 5.41) is 0. The SMILES string of the molecule is CCCCCC/C=C\C/C=C\CCCCCCCCCC(=O)OC(COC(=O)CCCCCCC/C=C\C/C=C\CCCCCC)COC(=O)CCCCCCCCCCCCCCCCCCCCC. The van der Waals surface area contributed by atoms with Crippen molar-refractivity contribution in [1.82, 2.24) is 0 Å². The fraction of sp³-hybridized carbons (Fsp3) is 0.831. The normalized spacial score (nSPS) is 12.3. The number of carbonyl (C=O) groups is 3. The van der Waals surface area contributed by atoms with Crippen molar-refractivity contribution in [1.29, 1.82) is 0 Å². The Hall–Kier alpha value is -2.63. The molecule has 1 unspecified atom stereocenters. The first kappa shape index (κ1) is 68.4. The van der Waals surface area contributed by atoms with E-state index >= 15 is 0 Å². The van der Waals surface area contributed by atoms with Gasteiger partial charge in [-0.25, -0.2) is 0 Å². The van der Waals surface area contributed by atoms with Gasteiger partial charge in [0.2, 0.25) is 0 Å². The molecule has 0 amide bonds. The summed E-state index contributed by atoms with van der Waals surface area (Å²) in [6.45, 7) is 6.64. The fourth-order valence-corrected chi connectivity index (χ4v) is 9.09. The van der Waals surface area contributed by atoms with Crippen LogP contribution >= 0.6 is 0 Å². The Balaban J connectivity index is 4.37. The summed E-state index contributed by atoms with van der Waals surface area (Å²) in [5.74, 6) is -0.880. The average molecular weight is 996 g/mol. The Labute approximate surface area is 441 Å². The molecule has 0 radical (unpaired) electrons. The van der Waals surface area contributed by atoms with Crippen LogP contribution in [0.4, 0.5) is 0 Å². The first-order valence-electron chi connectivity index (χ1n) is 31.1. The summed E-state index contributed by atoms with van der Waals surface area (Å²) >= 11 is 0. The van der Waals surface area contributed by atoms with Crippen LogP contribution in [0.1, 0.15) is 329 Å². The molecule has 0 bridgehead atoms. The maximum absolute atomic E-state index is 12.9. The molecule has 0 aliphatic carbocycles. The van der Waals surface area contributed by atoms with Gasteiger partial charge in [0.25, 0.3) is 0 Å². The summed E-state index contributed by atoms with van der Waals surface area (Å²) in [6.07, 6.45) is 73.9. The van der Waals surface area contributed by atoms with Crippen LogP contribution < -0.4 is 0 Å². The van der Waals surface area contributed by atoms with Gasteiger partial charge in [0, 0.05) is 19.3 Å². The maximum Gasteiger partial charge on any atom is 0.306 e. The van der Waals surface area contributed by atoms with E-state index in [4.69, 9.17) is 14.2 Å². The van der Waals surface area contributed by atoms with Crippen LogP contribution in [0.15, 0.2) is 48.6 Å². The molecule has 414 valence electrons. The number of unbranched alkanes of at least 4 members (excludes halogenated alkanes) is 38. The van der Waals surface area contributed by atoms with Gasteiger partial charge in [-0.2, -0.15) is 0 Å². The standard InChI is InChI=1S/C65H118O6/c1-4-7-10-13-16-19-22-25-28-31-33-35-37-40-43-46-49-52-55-58-64(67)70-61-62(60-69-63(66)57-54-51-48-45-42-39-36-30-27-24-21-18-15-12-9-6-3)71-65(68)59-56-53-50-47-44-41-38-34-32-29-26-23-20-17-14-11-8-5-2/h20-21,23-24,29-30,32,36,62H,4-19,22,25-28,31,33-35,37-61H2,1-3H3/b23-20-,24-21-,32-29-,36-30-. The van der Waals surface area contributed by atoms with Crippen molar-refractivity contribution in [2.45, 2.75) is 335 Å². The third-order valence-corrected chi connectivity index (χ3v) is 13.8. The van der Waals surface area contributed by atoms with Gasteiger partial charge in [-0.15, -0.1) is 0 Å². The molecule has 0 rings (SSSR count). The Morgan fingerprint density at radius 3 is 0.789 bits per heavy atom. The van der Waals surface area contributed by atoms with Crippen LogP contribution in [-0.2, 0) is 28.6 Å². The highest BCUT2D eigenvalue weighted by Crippen LogP contribution is 2.17. The van der Waals surface area contributed by atoms with Crippen molar-refractivity contribution in [2.75, 3.05) is 13.2 Å². The van der Waals surface area contributed by atoms with E-state index in [1.54, 1.807) is 0 Å². The van der Waals surface area contributed by atoms with E-state index in [0.717, 1.165) is 89.9 Å². The molecule has 0 heterocycles. The predicted molar refractivity (Wildman–Crippen MR) is 307 cm³/mol. The summed E-state index contributed by atoms with van der Waals surface area (Å²) in [7, 11) is 0. The molecule has 0 aromatic rings. The highest BCUT2D eigenvalue weighted by atomic mass is 16.6. The molecule has 0 fully saturated rings. The van der Waals surface area contributed by atoms with Gasteiger partial charge in [-0.3, -0.25) is 14.4 Å². The van der Waals surface area contributed by atoms with Crippen LogP contribution in [-0.4, -0.2) is 37.2 Å². The zero-order chi connectivity index (χ0) is 51.4. The lowest BCUT2D eigenvalue weighted by Crippen LogP contribution is -2.30. The number of hydrogen-bond donors (Lipinski definition) is 0. The summed E-state index contributed by atoms with van der Waals surface area (Å²) < 4.78 is 16.9. The lowest BCUT2D eigenvalue weighted by Gasteiger charge is -2.18. The van der Waals surface area contributed by atoms with E-state index in [1.165, 1.54) is 199 Å². The second-order valence-electron chi connectivity index (χ2n) is 21.0. The number of esters is 3. The molecule has 0 aliphatic heterocycles. The van der Waals surface area contributed by atoms with Gasteiger partial charge in [0.05, 0.1) is 0 Å². The highest BCUT2D eigenvalue weighted by Gasteiger charge is 2.19. The van der Waals surface area contributed by atoms with Gasteiger partial charge in [-0.1, -0.05) is 275 Å². The van der Waals surface area contributed by atoms with Crippen LogP contribution in [0, 0.1) is 0 Å². The van der Waals surface area contributed by atoms with E-state index in [1.807, 2.05) is 0 Å². The van der Waals surface area contributed by atoms with E-state index in [0.29, 0.717) is 19.3 Å². The molecular formula is C65H118O6. The van der Waals surface area contributed by atoms with Gasteiger partial charge in [-0.05, 0) is 83.5 Å². The molecular weight excluding hydrogens is 877 g/mol. The van der Waals surface area contributed by atoms with Gasteiger partial charge >= 0.3 is 17.9 Å². The van der Waals surface area contributed by atoms with Crippen LogP contribution in [0.2, 0.25) is 0 Å². The van der Waals surface area contributed by atoms with Crippen LogP contribution in [0.3, 0.4) is 0 Å². The minimum Gasteiger partial charge on any atom is -0.462 e. The summed E-state index contributed by atoms with van der Waals surface area (Å²) in [6, 6.07) is 0. The molecule has 0 aliphatic rings. The molecule has 6 heteroatoms. The number of ether oxygens (including phenoxy) is 3. The third kappa shape index (κ3) is 58.1.